The zero-order valence-electron chi connectivity index (χ0n) is 14.7. The number of hydrogen-bond acceptors (Lipinski definition) is 6. The fourth-order valence-corrected chi connectivity index (χ4v) is 4.06. The Balaban J connectivity index is 1.90. The average Bonchev–Trinajstić information content (AvgIpc) is 2.68. The molecule has 1 fully saturated rings. The largest absolute Gasteiger partial charge is 0.506 e. The predicted octanol–water partition coefficient (Wildman–Crippen LogP) is 2.77. The summed E-state index contributed by atoms with van der Waals surface area (Å²) < 4.78 is 61.3. The lowest BCUT2D eigenvalue weighted by Crippen LogP contribution is -2.40. The number of benzene rings is 2. The second kappa shape index (κ2) is 8.63. The minimum absolute atomic E-state index is 0.0128. The van der Waals surface area contributed by atoms with Gasteiger partial charge in [-0.1, -0.05) is 12.1 Å². The summed E-state index contributed by atoms with van der Waals surface area (Å²) in [5, 5.41) is 10.0. The van der Waals surface area contributed by atoms with E-state index < -0.39 is 16.6 Å². The number of alkyl halides is 2. The van der Waals surface area contributed by atoms with E-state index in [4.69, 9.17) is 4.74 Å². The van der Waals surface area contributed by atoms with E-state index in [0.29, 0.717) is 13.2 Å². The van der Waals surface area contributed by atoms with E-state index in [1.165, 1.54) is 46.9 Å². The van der Waals surface area contributed by atoms with Crippen molar-refractivity contribution in [2.45, 2.75) is 11.5 Å². The smallest absolute Gasteiger partial charge is 0.387 e. The van der Waals surface area contributed by atoms with Crippen molar-refractivity contribution >= 4 is 21.9 Å². The van der Waals surface area contributed by atoms with Crippen LogP contribution in [0.4, 0.5) is 14.5 Å². The quantitative estimate of drug-likeness (QED) is 0.737. The number of aromatic hydroxyl groups is 1. The molecule has 150 valence electrons. The molecule has 0 saturated carbocycles. The first-order valence-electron chi connectivity index (χ1n) is 8.37. The van der Waals surface area contributed by atoms with E-state index >= 15 is 0 Å². The van der Waals surface area contributed by atoms with Crippen LogP contribution in [0.3, 0.4) is 0 Å². The first kappa shape index (κ1) is 20.2. The van der Waals surface area contributed by atoms with Crippen LogP contribution in [0.2, 0.25) is 0 Å². The second-order valence-corrected chi connectivity index (χ2v) is 7.78. The van der Waals surface area contributed by atoms with Crippen molar-refractivity contribution in [3.63, 3.8) is 0 Å². The Morgan fingerprint density at radius 1 is 1.18 bits per heavy atom. The van der Waals surface area contributed by atoms with Gasteiger partial charge in [0.1, 0.15) is 17.2 Å². The molecule has 0 radical (unpaired) electrons. The van der Waals surface area contributed by atoms with Gasteiger partial charge in [0.05, 0.1) is 18.1 Å². The fraction of sp³-hybridized carbons (Fsp3) is 0.278. The Morgan fingerprint density at radius 3 is 2.61 bits per heavy atom. The molecule has 2 aromatic rings. The molecule has 2 aromatic carbocycles. The van der Waals surface area contributed by atoms with Crippen LogP contribution in [0.25, 0.3) is 0 Å². The zero-order chi connectivity index (χ0) is 20.1. The number of para-hydroxylation sites is 1. The van der Waals surface area contributed by atoms with Gasteiger partial charge >= 0.3 is 6.61 Å². The van der Waals surface area contributed by atoms with E-state index in [0.717, 1.165) is 0 Å². The third-order valence-electron chi connectivity index (χ3n) is 4.03. The number of nitrogens with zero attached hydrogens (tertiary/aromatic N) is 2. The first-order valence-corrected chi connectivity index (χ1v) is 9.81. The van der Waals surface area contributed by atoms with Crippen molar-refractivity contribution < 1.29 is 31.8 Å². The second-order valence-electron chi connectivity index (χ2n) is 5.84. The molecule has 0 spiro atoms. The minimum atomic E-state index is -3.76. The molecule has 1 aliphatic rings. The van der Waals surface area contributed by atoms with E-state index in [2.05, 4.69) is 9.73 Å². The number of hydrogen-bond donors (Lipinski definition) is 1. The van der Waals surface area contributed by atoms with Crippen molar-refractivity contribution in [3.8, 4) is 11.5 Å². The number of aliphatic imine (C=N–C) groups is 1. The van der Waals surface area contributed by atoms with Gasteiger partial charge in [-0.3, -0.25) is 4.99 Å². The van der Waals surface area contributed by atoms with Crippen LogP contribution in [0.5, 0.6) is 11.5 Å². The van der Waals surface area contributed by atoms with E-state index in [-0.39, 0.29) is 40.7 Å². The topological polar surface area (TPSA) is 88.4 Å². The molecule has 1 aliphatic heterocycles. The van der Waals surface area contributed by atoms with Crippen LogP contribution in [0, 0.1) is 0 Å². The zero-order valence-corrected chi connectivity index (χ0v) is 15.5. The number of sulfonamides is 1. The molecular weight excluding hydrogens is 394 g/mol. The van der Waals surface area contributed by atoms with Gasteiger partial charge in [0.25, 0.3) is 0 Å². The van der Waals surface area contributed by atoms with Crippen LogP contribution in [0.1, 0.15) is 5.56 Å². The summed E-state index contributed by atoms with van der Waals surface area (Å²) in [5.41, 5.74) is 0.241. The molecule has 0 atom stereocenters. The highest BCUT2D eigenvalue weighted by Crippen LogP contribution is 2.31. The monoisotopic (exact) mass is 412 g/mol. The summed E-state index contributed by atoms with van der Waals surface area (Å²) in [5.74, 6) is -0.331. The van der Waals surface area contributed by atoms with E-state index in [1.807, 2.05) is 0 Å². The summed E-state index contributed by atoms with van der Waals surface area (Å²) in [7, 11) is -3.76. The first-order chi connectivity index (χ1) is 13.4. The third kappa shape index (κ3) is 4.64. The minimum Gasteiger partial charge on any atom is -0.506 e. The molecule has 3 rings (SSSR count). The van der Waals surface area contributed by atoms with Crippen LogP contribution in [-0.2, 0) is 14.8 Å². The number of phenols is 1. The van der Waals surface area contributed by atoms with Crippen molar-refractivity contribution in [3.05, 3.63) is 48.0 Å². The van der Waals surface area contributed by atoms with Gasteiger partial charge in [-0.15, -0.1) is 0 Å². The SMILES string of the molecule is O=S(=O)(c1ccc(O)c(N=Cc2ccccc2OC(F)F)c1)N1CCOCC1. The fourth-order valence-electron chi connectivity index (χ4n) is 2.63. The van der Waals surface area contributed by atoms with Gasteiger partial charge < -0.3 is 14.6 Å². The molecule has 1 saturated heterocycles. The van der Waals surface area contributed by atoms with Gasteiger partial charge in [-0.25, -0.2) is 8.42 Å². The standard InChI is InChI=1S/C18H18F2N2O5S/c19-18(20)27-17-4-2-1-3-13(17)12-21-15-11-14(5-6-16(15)23)28(24,25)22-7-9-26-10-8-22/h1-6,11-12,18,23H,7-10H2. The lowest BCUT2D eigenvalue weighted by Gasteiger charge is -2.26. The Labute approximate surface area is 160 Å². The predicted molar refractivity (Wildman–Crippen MR) is 98.0 cm³/mol. The van der Waals surface area contributed by atoms with Crippen LogP contribution < -0.4 is 4.74 Å². The normalized spacial score (nSPS) is 16.0. The highest BCUT2D eigenvalue weighted by atomic mass is 32.2. The van der Waals surface area contributed by atoms with Crippen molar-refractivity contribution in [2.24, 2.45) is 4.99 Å². The van der Waals surface area contributed by atoms with Gasteiger partial charge in [0.15, 0.2) is 0 Å². The highest BCUT2D eigenvalue weighted by Gasteiger charge is 2.26. The van der Waals surface area contributed by atoms with Crippen molar-refractivity contribution in [1.82, 2.24) is 4.31 Å². The molecule has 1 N–H and O–H groups in total. The molecule has 10 heteroatoms. The summed E-state index contributed by atoms with van der Waals surface area (Å²) in [6.45, 7) is -1.91. The molecule has 1 heterocycles. The summed E-state index contributed by atoms with van der Waals surface area (Å²) in [6.07, 6.45) is 1.22. The van der Waals surface area contributed by atoms with Gasteiger partial charge in [-0.2, -0.15) is 13.1 Å². The maximum absolute atomic E-state index is 12.7. The maximum Gasteiger partial charge on any atom is 0.387 e. The average molecular weight is 412 g/mol. The number of halogens is 2. The summed E-state index contributed by atoms with van der Waals surface area (Å²) >= 11 is 0. The van der Waals surface area contributed by atoms with E-state index in [1.54, 1.807) is 6.07 Å². The Hall–Kier alpha value is -2.56. The van der Waals surface area contributed by atoms with E-state index in [9.17, 15) is 22.3 Å². The highest BCUT2D eigenvalue weighted by molar-refractivity contribution is 7.89. The molecule has 0 unspecified atom stereocenters. The molecule has 0 aliphatic carbocycles. The molecule has 28 heavy (non-hydrogen) atoms. The summed E-state index contributed by atoms with van der Waals surface area (Å²) in [6, 6.07) is 9.74. The van der Waals surface area contributed by atoms with Gasteiger partial charge in [-0.05, 0) is 30.3 Å². The van der Waals surface area contributed by atoms with Crippen molar-refractivity contribution in [2.75, 3.05) is 26.3 Å². The van der Waals surface area contributed by atoms with Crippen molar-refractivity contribution in [1.29, 1.82) is 0 Å². The number of phenolic OH excluding ortho intramolecular Hbond substituents is 1. The molecule has 0 amide bonds. The van der Waals surface area contributed by atoms with Gasteiger partial charge in [0.2, 0.25) is 10.0 Å². The number of ether oxygens (including phenoxy) is 2. The molecule has 7 nitrogen and oxygen atoms in total. The number of morpholine rings is 1. The Bertz CT molecular complexity index is 960. The summed E-state index contributed by atoms with van der Waals surface area (Å²) in [4.78, 5) is 4.02. The molecular formula is C18H18F2N2O5S. The van der Waals surface area contributed by atoms with Crippen LogP contribution >= 0.6 is 0 Å². The third-order valence-corrected chi connectivity index (χ3v) is 5.93. The van der Waals surface area contributed by atoms with Gasteiger partial charge in [0, 0.05) is 24.9 Å². The lowest BCUT2D eigenvalue weighted by atomic mass is 10.2. The lowest BCUT2D eigenvalue weighted by molar-refractivity contribution is -0.0499. The molecule has 0 bridgehead atoms. The number of rotatable bonds is 6. The Kier molecular flexibility index (Phi) is 6.22. The van der Waals surface area contributed by atoms with Crippen LogP contribution in [0.15, 0.2) is 52.4 Å². The Morgan fingerprint density at radius 2 is 1.89 bits per heavy atom. The maximum atomic E-state index is 12.7. The van der Waals surface area contributed by atoms with Crippen LogP contribution in [-0.4, -0.2) is 57.0 Å². The molecule has 0 aromatic heterocycles.